The number of nitriles is 1. The van der Waals surface area contributed by atoms with E-state index in [-0.39, 0.29) is 12.2 Å². The number of hydrogen-bond acceptors (Lipinski definition) is 2. The van der Waals surface area contributed by atoms with Crippen molar-refractivity contribution in [2.45, 2.75) is 31.5 Å². The molecule has 0 amide bonds. The molecule has 3 nitrogen and oxygen atoms in total. The number of rotatable bonds is 2. The van der Waals surface area contributed by atoms with Gasteiger partial charge in [-0.25, -0.2) is 6.57 Å². The average Bonchev–Trinajstić information content (AvgIpc) is 2.38. The molecule has 0 aromatic heterocycles. The van der Waals surface area contributed by atoms with E-state index in [2.05, 4.69) is 10.9 Å². The number of hydrogen-bond donors (Lipinski definition) is 0. The van der Waals surface area contributed by atoms with Crippen molar-refractivity contribution < 1.29 is 4.74 Å². The highest BCUT2D eigenvalue weighted by molar-refractivity contribution is 4.84. The molecule has 0 aromatic carbocycles. The molecule has 2 atom stereocenters. The summed E-state index contributed by atoms with van der Waals surface area (Å²) in [4.78, 5) is 3.25. The quantitative estimate of drug-likeness (QED) is 0.557. The van der Waals surface area contributed by atoms with Gasteiger partial charge in [-0.05, 0) is 12.8 Å². The van der Waals surface area contributed by atoms with Crippen molar-refractivity contribution in [2.24, 2.45) is 0 Å². The number of ether oxygens (including phenoxy) is 1. The molecule has 1 fully saturated rings. The lowest BCUT2D eigenvalue weighted by Gasteiger charge is -2.04. The van der Waals surface area contributed by atoms with E-state index in [4.69, 9.17) is 16.6 Å². The summed E-state index contributed by atoms with van der Waals surface area (Å²) >= 11 is 0. The van der Waals surface area contributed by atoms with Gasteiger partial charge in [0.1, 0.15) is 6.10 Å². The Labute approximate surface area is 66.4 Å². The molecule has 11 heavy (non-hydrogen) atoms. The molecule has 1 heterocycles. The minimum Gasteiger partial charge on any atom is -0.366 e. The SMILES string of the molecule is [C-]#[N+]C[C@@H]1CC[C@@H](CC#N)O1. The molecule has 0 saturated carbocycles. The molecule has 3 heteroatoms. The highest BCUT2D eigenvalue weighted by Crippen LogP contribution is 2.21. The van der Waals surface area contributed by atoms with Gasteiger partial charge >= 0.3 is 0 Å². The van der Waals surface area contributed by atoms with Crippen LogP contribution in [0.2, 0.25) is 0 Å². The molecule has 0 spiro atoms. The van der Waals surface area contributed by atoms with E-state index in [0.29, 0.717) is 13.0 Å². The zero-order valence-electron chi connectivity index (χ0n) is 6.29. The van der Waals surface area contributed by atoms with Crippen LogP contribution in [-0.2, 0) is 4.74 Å². The van der Waals surface area contributed by atoms with Crippen molar-refractivity contribution in [3.63, 3.8) is 0 Å². The molecule has 0 radical (unpaired) electrons. The van der Waals surface area contributed by atoms with Crippen LogP contribution in [0.25, 0.3) is 4.85 Å². The predicted octanol–water partition coefficient (Wildman–Crippen LogP) is 1.37. The summed E-state index contributed by atoms with van der Waals surface area (Å²) < 4.78 is 5.41. The van der Waals surface area contributed by atoms with Gasteiger partial charge in [-0.3, -0.25) is 0 Å². The molecule has 1 aliphatic heterocycles. The minimum atomic E-state index is 0.0887. The first-order chi connectivity index (χ1) is 5.36. The highest BCUT2D eigenvalue weighted by atomic mass is 16.5. The summed E-state index contributed by atoms with van der Waals surface area (Å²) in [6, 6.07) is 2.07. The molecule has 0 aliphatic carbocycles. The maximum absolute atomic E-state index is 8.35. The Morgan fingerprint density at radius 3 is 2.91 bits per heavy atom. The zero-order chi connectivity index (χ0) is 8.10. The fourth-order valence-electron chi connectivity index (χ4n) is 1.27. The van der Waals surface area contributed by atoms with E-state index in [0.717, 1.165) is 12.8 Å². The Morgan fingerprint density at radius 1 is 1.55 bits per heavy atom. The van der Waals surface area contributed by atoms with Crippen molar-refractivity contribution >= 4 is 0 Å². The Bertz CT molecular complexity index is 179. The van der Waals surface area contributed by atoms with E-state index in [1.165, 1.54) is 0 Å². The van der Waals surface area contributed by atoms with Gasteiger partial charge in [0.05, 0.1) is 18.6 Å². The van der Waals surface area contributed by atoms with E-state index >= 15 is 0 Å². The highest BCUT2D eigenvalue weighted by Gasteiger charge is 2.26. The van der Waals surface area contributed by atoms with Crippen LogP contribution in [0.5, 0.6) is 0 Å². The van der Waals surface area contributed by atoms with Crippen LogP contribution in [0.15, 0.2) is 0 Å². The standard InChI is InChI=1S/C8H10N2O/c1-10-6-8-3-2-7(11-8)4-5-9/h7-8H,2-4,6H2/t7-,8-/m0/s1. The molecular weight excluding hydrogens is 140 g/mol. The third kappa shape index (κ3) is 2.22. The molecule has 0 bridgehead atoms. The smallest absolute Gasteiger partial charge is 0.240 e. The first kappa shape index (κ1) is 8.04. The Balaban J connectivity index is 2.25. The summed E-state index contributed by atoms with van der Waals surface area (Å²) in [6.07, 6.45) is 2.52. The van der Waals surface area contributed by atoms with Gasteiger partial charge < -0.3 is 9.58 Å². The molecule has 0 aromatic rings. The first-order valence-corrected chi connectivity index (χ1v) is 3.72. The lowest BCUT2D eigenvalue weighted by Crippen LogP contribution is -2.12. The Hall–Kier alpha value is -1.06. The van der Waals surface area contributed by atoms with E-state index in [1.54, 1.807) is 0 Å². The topological polar surface area (TPSA) is 37.4 Å². The predicted molar refractivity (Wildman–Crippen MR) is 39.6 cm³/mol. The van der Waals surface area contributed by atoms with Crippen molar-refractivity contribution in [1.82, 2.24) is 0 Å². The zero-order valence-corrected chi connectivity index (χ0v) is 6.29. The summed E-state index contributed by atoms with van der Waals surface area (Å²) in [7, 11) is 0. The molecule has 1 aliphatic rings. The second-order valence-corrected chi connectivity index (χ2v) is 2.66. The Kier molecular flexibility index (Phi) is 2.89. The second kappa shape index (κ2) is 3.95. The third-order valence-electron chi connectivity index (χ3n) is 1.81. The van der Waals surface area contributed by atoms with Crippen molar-refractivity contribution in [3.05, 3.63) is 11.4 Å². The fraction of sp³-hybridized carbons (Fsp3) is 0.750. The summed E-state index contributed by atoms with van der Waals surface area (Å²) in [6.45, 7) is 7.06. The maximum atomic E-state index is 8.35. The monoisotopic (exact) mass is 150 g/mol. The second-order valence-electron chi connectivity index (χ2n) is 2.66. The van der Waals surface area contributed by atoms with Gasteiger partial charge in [-0.15, -0.1) is 0 Å². The average molecular weight is 150 g/mol. The summed E-state index contributed by atoms with van der Waals surface area (Å²) in [5.74, 6) is 0. The van der Waals surface area contributed by atoms with Crippen molar-refractivity contribution in [2.75, 3.05) is 6.54 Å². The molecule has 58 valence electrons. The lowest BCUT2D eigenvalue weighted by atomic mass is 10.1. The van der Waals surface area contributed by atoms with Crippen LogP contribution < -0.4 is 0 Å². The van der Waals surface area contributed by atoms with Crippen molar-refractivity contribution in [3.8, 4) is 6.07 Å². The van der Waals surface area contributed by atoms with Crippen molar-refractivity contribution in [1.29, 1.82) is 5.26 Å². The van der Waals surface area contributed by atoms with Gasteiger partial charge in [0.15, 0.2) is 0 Å². The normalized spacial score (nSPS) is 29.3. The van der Waals surface area contributed by atoms with Gasteiger partial charge in [0, 0.05) is 0 Å². The molecule has 0 unspecified atom stereocenters. The van der Waals surface area contributed by atoms with Crippen LogP contribution in [0, 0.1) is 17.9 Å². The fourth-order valence-corrected chi connectivity index (χ4v) is 1.27. The van der Waals surface area contributed by atoms with E-state index in [1.807, 2.05) is 0 Å². The maximum Gasteiger partial charge on any atom is 0.240 e. The van der Waals surface area contributed by atoms with Gasteiger partial charge in [0.25, 0.3) is 0 Å². The molecule has 1 saturated heterocycles. The summed E-state index contributed by atoms with van der Waals surface area (Å²) in [5, 5.41) is 8.35. The Morgan fingerprint density at radius 2 is 2.27 bits per heavy atom. The minimum absolute atomic E-state index is 0.0887. The van der Waals surface area contributed by atoms with E-state index in [9.17, 15) is 0 Å². The van der Waals surface area contributed by atoms with Crippen LogP contribution >= 0.6 is 0 Å². The van der Waals surface area contributed by atoms with Crippen LogP contribution in [0.4, 0.5) is 0 Å². The first-order valence-electron chi connectivity index (χ1n) is 3.72. The largest absolute Gasteiger partial charge is 0.366 e. The van der Waals surface area contributed by atoms with Crippen LogP contribution in [-0.4, -0.2) is 18.8 Å². The molecule has 1 rings (SSSR count). The lowest BCUT2D eigenvalue weighted by molar-refractivity contribution is 0.0573. The van der Waals surface area contributed by atoms with E-state index < -0.39 is 0 Å². The summed E-state index contributed by atoms with van der Waals surface area (Å²) in [5.41, 5.74) is 0. The van der Waals surface area contributed by atoms with Gasteiger partial charge in [-0.2, -0.15) is 5.26 Å². The van der Waals surface area contributed by atoms with Crippen LogP contribution in [0.1, 0.15) is 19.3 Å². The van der Waals surface area contributed by atoms with Gasteiger partial charge in [-0.1, -0.05) is 0 Å². The van der Waals surface area contributed by atoms with Crippen LogP contribution in [0.3, 0.4) is 0 Å². The van der Waals surface area contributed by atoms with Gasteiger partial charge in [0.2, 0.25) is 6.54 Å². The molecular formula is C8H10N2O. The molecule has 0 N–H and O–H groups in total. The number of nitrogens with zero attached hydrogens (tertiary/aromatic N) is 2. The third-order valence-corrected chi connectivity index (χ3v) is 1.81.